The molecule has 0 radical (unpaired) electrons. The third kappa shape index (κ3) is 4.30. The highest BCUT2D eigenvalue weighted by atomic mass is 16.2. The van der Waals surface area contributed by atoms with Crippen LogP contribution in [0.1, 0.15) is 0 Å². The van der Waals surface area contributed by atoms with Gasteiger partial charge in [0.1, 0.15) is 12.7 Å². The minimum absolute atomic E-state index is 0.453. The molecule has 1 aliphatic rings. The Morgan fingerprint density at radius 1 is 1.16 bits per heavy atom. The van der Waals surface area contributed by atoms with Gasteiger partial charge in [0.2, 0.25) is 0 Å². The molecule has 19 heavy (non-hydrogen) atoms. The summed E-state index contributed by atoms with van der Waals surface area (Å²) in [5, 5.41) is 12.8. The number of hydrogen-bond acceptors (Lipinski definition) is 6. The number of nitrogens with zero attached hydrogens (tertiary/aromatic N) is 4. The van der Waals surface area contributed by atoms with Gasteiger partial charge in [-0.2, -0.15) is 0 Å². The maximum atomic E-state index is 11.5. The van der Waals surface area contributed by atoms with Crippen LogP contribution in [-0.2, 0) is 9.59 Å². The van der Waals surface area contributed by atoms with Crippen LogP contribution in [0.4, 0.5) is 0 Å². The van der Waals surface area contributed by atoms with Gasteiger partial charge in [-0.25, -0.2) is 4.68 Å². The number of carbonyl (C=O) groups is 2. The maximum Gasteiger partial charge on any atom is 0.328 e. The van der Waals surface area contributed by atoms with Crippen molar-refractivity contribution in [3.8, 4) is 0 Å². The summed E-state index contributed by atoms with van der Waals surface area (Å²) in [6.07, 6.45) is 2.60. The SMILES string of the molecule is O=C(NCCN1CCNCC1)C(=O)Nn1cnnc1. The molecule has 2 amide bonds. The fraction of sp³-hybridized carbons (Fsp3) is 0.600. The Hall–Kier alpha value is -2.00. The number of hydrogen-bond donors (Lipinski definition) is 3. The van der Waals surface area contributed by atoms with Crippen LogP contribution in [0.5, 0.6) is 0 Å². The summed E-state index contributed by atoms with van der Waals surface area (Å²) in [4.78, 5) is 25.2. The number of aromatic nitrogens is 3. The lowest BCUT2D eigenvalue weighted by atomic mass is 10.3. The molecule has 0 bridgehead atoms. The highest BCUT2D eigenvalue weighted by Crippen LogP contribution is 1.89. The molecule has 104 valence electrons. The Kier molecular flexibility index (Phi) is 4.81. The van der Waals surface area contributed by atoms with Gasteiger partial charge in [0.25, 0.3) is 0 Å². The van der Waals surface area contributed by atoms with Crippen molar-refractivity contribution in [2.45, 2.75) is 0 Å². The topological polar surface area (TPSA) is 104 Å². The molecule has 9 nitrogen and oxygen atoms in total. The standard InChI is InChI=1S/C10H17N7O2/c18-9(10(19)15-17-7-13-14-8-17)12-3-6-16-4-1-11-2-5-16/h7-8,11H,1-6H2,(H,12,18)(H,15,19). The van der Waals surface area contributed by atoms with Crippen molar-refractivity contribution in [2.24, 2.45) is 0 Å². The van der Waals surface area contributed by atoms with Crippen molar-refractivity contribution < 1.29 is 9.59 Å². The van der Waals surface area contributed by atoms with Gasteiger partial charge in [-0.15, -0.1) is 10.2 Å². The second-order valence-electron chi connectivity index (χ2n) is 4.16. The number of carbonyl (C=O) groups excluding carboxylic acids is 2. The summed E-state index contributed by atoms with van der Waals surface area (Å²) in [6.45, 7) is 5.04. The van der Waals surface area contributed by atoms with Crippen molar-refractivity contribution >= 4 is 11.8 Å². The maximum absolute atomic E-state index is 11.5. The van der Waals surface area contributed by atoms with E-state index in [0.717, 1.165) is 32.7 Å². The molecule has 0 unspecified atom stereocenters. The first kappa shape index (κ1) is 13.4. The molecule has 0 atom stereocenters. The van der Waals surface area contributed by atoms with Gasteiger partial charge in [0, 0.05) is 39.3 Å². The Labute approximate surface area is 110 Å². The largest absolute Gasteiger partial charge is 0.346 e. The molecule has 1 aromatic heterocycles. The van der Waals surface area contributed by atoms with Crippen LogP contribution < -0.4 is 16.1 Å². The summed E-state index contributed by atoms with van der Waals surface area (Å²) in [5.74, 6) is -1.40. The van der Waals surface area contributed by atoms with Gasteiger partial charge in [-0.05, 0) is 0 Å². The third-order valence-corrected chi connectivity index (χ3v) is 2.78. The lowest BCUT2D eigenvalue weighted by molar-refractivity contribution is -0.136. The summed E-state index contributed by atoms with van der Waals surface area (Å²) in [6, 6.07) is 0. The molecule has 1 fully saturated rings. The molecule has 0 aromatic carbocycles. The fourth-order valence-corrected chi connectivity index (χ4v) is 1.77. The van der Waals surface area contributed by atoms with E-state index in [2.05, 4.69) is 31.2 Å². The van der Waals surface area contributed by atoms with E-state index in [1.807, 2.05) is 0 Å². The molecule has 1 saturated heterocycles. The van der Waals surface area contributed by atoms with Gasteiger partial charge in [0.05, 0.1) is 0 Å². The summed E-state index contributed by atoms with van der Waals surface area (Å²) >= 11 is 0. The number of nitrogens with one attached hydrogen (secondary N) is 3. The minimum Gasteiger partial charge on any atom is -0.346 e. The summed E-state index contributed by atoms with van der Waals surface area (Å²) in [5.41, 5.74) is 2.33. The predicted molar refractivity (Wildman–Crippen MR) is 66.7 cm³/mol. The molecule has 9 heteroatoms. The van der Waals surface area contributed by atoms with E-state index >= 15 is 0 Å². The van der Waals surface area contributed by atoms with Crippen LogP contribution in [-0.4, -0.2) is 70.9 Å². The van der Waals surface area contributed by atoms with Crippen molar-refractivity contribution in [3.05, 3.63) is 12.7 Å². The second-order valence-corrected chi connectivity index (χ2v) is 4.16. The highest BCUT2D eigenvalue weighted by molar-refractivity contribution is 6.38. The van der Waals surface area contributed by atoms with Crippen LogP contribution in [0.15, 0.2) is 12.7 Å². The van der Waals surface area contributed by atoms with E-state index in [0.29, 0.717) is 6.54 Å². The first-order chi connectivity index (χ1) is 9.25. The molecular weight excluding hydrogens is 250 g/mol. The quantitative estimate of drug-likeness (QED) is 0.516. The minimum atomic E-state index is -0.736. The average Bonchev–Trinajstić information content (AvgIpc) is 2.92. The van der Waals surface area contributed by atoms with E-state index in [1.54, 1.807) is 0 Å². The lowest BCUT2D eigenvalue weighted by Gasteiger charge is -2.26. The Balaban J connectivity index is 1.64. The zero-order chi connectivity index (χ0) is 13.5. The van der Waals surface area contributed by atoms with Crippen LogP contribution in [0.3, 0.4) is 0 Å². The zero-order valence-corrected chi connectivity index (χ0v) is 10.5. The van der Waals surface area contributed by atoms with Crippen LogP contribution in [0.25, 0.3) is 0 Å². The number of piperazine rings is 1. The molecule has 2 rings (SSSR count). The van der Waals surface area contributed by atoms with Gasteiger partial charge in [0.15, 0.2) is 0 Å². The average molecular weight is 267 g/mol. The number of rotatable bonds is 4. The van der Waals surface area contributed by atoms with Crippen LogP contribution in [0, 0.1) is 0 Å². The van der Waals surface area contributed by atoms with E-state index in [1.165, 1.54) is 17.3 Å². The molecule has 3 N–H and O–H groups in total. The fourth-order valence-electron chi connectivity index (χ4n) is 1.77. The molecular formula is C10H17N7O2. The molecule has 1 aromatic rings. The van der Waals surface area contributed by atoms with E-state index < -0.39 is 11.8 Å². The molecule has 0 aliphatic carbocycles. The first-order valence-electron chi connectivity index (χ1n) is 6.12. The number of amides is 2. The first-order valence-corrected chi connectivity index (χ1v) is 6.12. The Bertz CT molecular complexity index is 414. The van der Waals surface area contributed by atoms with E-state index in [4.69, 9.17) is 0 Å². The second kappa shape index (κ2) is 6.81. The summed E-state index contributed by atoms with van der Waals surface area (Å²) < 4.78 is 1.22. The lowest BCUT2D eigenvalue weighted by Crippen LogP contribution is -2.47. The zero-order valence-electron chi connectivity index (χ0n) is 10.5. The molecule has 1 aliphatic heterocycles. The van der Waals surface area contributed by atoms with E-state index in [-0.39, 0.29) is 0 Å². The molecule has 2 heterocycles. The normalized spacial score (nSPS) is 16.0. The van der Waals surface area contributed by atoms with Gasteiger partial charge >= 0.3 is 11.8 Å². The van der Waals surface area contributed by atoms with Crippen molar-refractivity contribution in [3.63, 3.8) is 0 Å². The van der Waals surface area contributed by atoms with Crippen molar-refractivity contribution in [1.29, 1.82) is 0 Å². The predicted octanol–water partition coefficient (Wildman–Crippen LogP) is -2.63. The highest BCUT2D eigenvalue weighted by Gasteiger charge is 2.14. The summed E-state index contributed by atoms with van der Waals surface area (Å²) in [7, 11) is 0. The molecule has 0 saturated carbocycles. The Morgan fingerprint density at radius 2 is 1.84 bits per heavy atom. The van der Waals surface area contributed by atoms with Gasteiger partial charge in [-0.1, -0.05) is 0 Å². The third-order valence-electron chi connectivity index (χ3n) is 2.78. The monoisotopic (exact) mass is 267 g/mol. The van der Waals surface area contributed by atoms with Crippen molar-refractivity contribution in [1.82, 2.24) is 30.4 Å². The van der Waals surface area contributed by atoms with E-state index in [9.17, 15) is 9.59 Å². The molecule has 0 spiro atoms. The smallest absolute Gasteiger partial charge is 0.328 e. The Morgan fingerprint density at radius 3 is 2.53 bits per heavy atom. The van der Waals surface area contributed by atoms with Gasteiger partial charge in [-0.3, -0.25) is 19.9 Å². The van der Waals surface area contributed by atoms with Crippen LogP contribution >= 0.6 is 0 Å². The van der Waals surface area contributed by atoms with Crippen LogP contribution in [0.2, 0.25) is 0 Å². The van der Waals surface area contributed by atoms with Gasteiger partial charge < -0.3 is 10.6 Å². The van der Waals surface area contributed by atoms with Crippen molar-refractivity contribution in [2.75, 3.05) is 44.7 Å².